The average molecular weight is 248 g/mol. The number of benzene rings is 1. The van der Waals surface area contributed by atoms with Crippen molar-refractivity contribution in [2.45, 2.75) is 37.8 Å². The Morgan fingerprint density at radius 1 is 1.33 bits per heavy atom. The lowest BCUT2D eigenvalue weighted by atomic mass is 9.91. The zero-order valence-corrected chi connectivity index (χ0v) is 10.8. The number of hydrogen-bond acceptors (Lipinski definition) is 2. The summed E-state index contributed by atoms with van der Waals surface area (Å²) in [5.74, 6) is -0.150. The SMILES string of the molecule is CC(CN)(Cc1ccccc1F)NC1CC=CC1. The van der Waals surface area contributed by atoms with Gasteiger partial charge in [-0.3, -0.25) is 0 Å². The van der Waals surface area contributed by atoms with E-state index in [4.69, 9.17) is 5.73 Å². The van der Waals surface area contributed by atoms with Gasteiger partial charge >= 0.3 is 0 Å². The van der Waals surface area contributed by atoms with Crippen LogP contribution in [0.25, 0.3) is 0 Å². The topological polar surface area (TPSA) is 38.0 Å². The second kappa shape index (κ2) is 5.63. The third-order valence-corrected chi connectivity index (χ3v) is 3.55. The van der Waals surface area contributed by atoms with Crippen LogP contribution in [0.4, 0.5) is 4.39 Å². The Morgan fingerprint density at radius 2 is 2.00 bits per heavy atom. The summed E-state index contributed by atoms with van der Waals surface area (Å²) in [4.78, 5) is 0. The Hall–Kier alpha value is -1.19. The van der Waals surface area contributed by atoms with Gasteiger partial charge in [0.25, 0.3) is 0 Å². The lowest BCUT2D eigenvalue weighted by Gasteiger charge is -2.33. The number of rotatable bonds is 5. The van der Waals surface area contributed by atoms with E-state index in [0.29, 0.717) is 19.0 Å². The van der Waals surface area contributed by atoms with Crippen LogP contribution < -0.4 is 11.1 Å². The minimum absolute atomic E-state index is 0.150. The van der Waals surface area contributed by atoms with Crippen LogP contribution in [0, 0.1) is 5.82 Å². The molecule has 0 bridgehead atoms. The molecule has 3 N–H and O–H groups in total. The van der Waals surface area contributed by atoms with E-state index in [1.54, 1.807) is 6.07 Å². The molecule has 0 amide bonds. The Morgan fingerprint density at radius 3 is 2.61 bits per heavy atom. The molecular formula is C15H21FN2. The molecule has 1 aromatic rings. The highest BCUT2D eigenvalue weighted by Crippen LogP contribution is 2.19. The van der Waals surface area contributed by atoms with Gasteiger partial charge in [0.05, 0.1) is 0 Å². The van der Waals surface area contributed by atoms with Crippen LogP contribution >= 0.6 is 0 Å². The summed E-state index contributed by atoms with van der Waals surface area (Å²) >= 11 is 0. The maximum Gasteiger partial charge on any atom is 0.126 e. The molecule has 2 rings (SSSR count). The smallest absolute Gasteiger partial charge is 0.126 e. The second-order valence-electron chi connectivity index (χ2n) is 5.32. The van der Waals surface area contributed by atoms with Gasteiger partial charge in [0, 0.05) is 18.1 Å². The van der Waals surface area contributed by atoms with Gasteiger partial charge in [-0.05, 0) is 37.8 Å². The molecule has 3 heteroatoms. The molecular weight excluding hydrogens is 227 g/mol. The molecule has 1 unspecified atom stereocenters. The van der Waals surface area contributed by atoms with Gasteiger partial charge in [0.15, 0.2) is 0 Å². The molecule has 0 radical (unpaired) electrons. The average Bonchev–Trinajstić information content (AvgIpc) is 2.85. The fourth-order valence-electron chi connectivity index (χ4n) is 2.47. The van der Waals surface area contributed by atoms with Crippen LogP contribution in [0.1, 0.15) is 25.3 Å². The van der Waals surface area contributed by atoms with Crippen molar-refractivity contribution in [1.29, 1.82) is 0 Å². The summed E-state index contributed by atoms with van der Waals surface area (Å²) in [6.07, 6.45) is 7.04. The summed E-state index contributed by atoms with van der Waals surface area (Å²) in [7, 11) is 0. The van der Waals surface area contributed by atoms with Crippen molar-refractivity contribution in [2.24, 2.45) is 5.73 Å². The van der Waals surface area contributed by atoms with Crippen molar-refractivity contribution >= 4 is 0 Å². The van der Waals surface area contributed by atoms with Crippen molar-refractivity contribution in [1.82, 2.24) is 5.32 Å². The third-order valence-electron chi connectivity index (χ3n) is 3.55. The Labute approximate surface area is 108 Å². The minimum atomic E-state index is -0.251. The standard InChI is InChI=1S/C15H21FN2/c1-15(11-17,18-13-7-3-4-8-13)10-12-6-2-5-9-14(12)16/h2-6,9,13,18H,7-8,10-11,17H2,1H3. The predicted octanol–water partition coefficient (Wildman–Crippen LogP) is 2.39. The lowest BCUT2D eigenvalue weighted by molar-refractivity contribution is 0.314. The first kappa shape index (κ1) is 13.2. The van der Waals surface area contributed by atoms with E-state index in [1.165, 1.54) is 6.07 Å². The highest BCUT2D eigenvalue weighted by atomic mass is 19.1. The Kier molecular flexibility index (Phi) is 4.15. The number of nitrogens with one attached hydrogen (secondary N) is 1. The maximum absolute atomic E-state index is 13.7. The monoisotopic (exact) mass is 248 g/mol. The van der Waals surface area contributed by atoms with E-state index in [0.717, 1.165) is 18.4 Å². The first-order chi connectivity index (χ1) is 8.63. The molecule has 2 nitrogen and oxygen atoms in total. The highest BCUT2D eigenvalue weighted by Gasteiger charge is 2.27. The Balaban J connectivity index is 2.05. The van der Waals surface area contributed by atoms with Crippen molar-refractivity contribution in [3.8, 4) is 0 Å². The lowest BCUT2D eigenvalue weighted by Crippen LogP contribution is -2.54. The number of nitrogens with two attached hydrogens (primary N) is 1. The van der Waals surface area contributed by atoms with Gasteiger partial charge in [0.1, 0.15) is 5.82 Å². The van der Waals surface area contributed by atoms with Gasteiger partial charge in [-0.25, -0.2) is 4.39 Å². The van der Waals surface area contributed by atoms with Gasteiger partial charge in [-0.1, -0.05) is 30.4 Å². The van der Waals surface area contributed by atoms with Crippen LogP contribution in [0.15, 0.2) is 36.4 Å². The van der Waals surface area contributed by atoms with Crippen LogP contribution in [0.2, 0.25) is 0 Å². The van der Waals surface area contributed by atoms with Gasteiger partial charge in [0.2, 0.25) is 0 Å². The molecule has 1 aliphatic rings. The van der Waals surface area contributed by atoms with Gasteiger partial charge in [-0.15, -0.1) is 0 Å². The molecule has 0 spiro atoms. The zero-order chi connectivity index (χ0) is 13.0. The fourth-order valence-corrected chi connectivity index (χ4v) is 2.47. The third kappa shape index (κ3) is 3.18. The minimum Gasteiger partial charge on any atom is -0.329 e. The van der Waals surface area contributed by atoms with E-state index >= 15 is 0 Å². The van der Waals surface area contributed by atoms with Crippen molar-refractivity contribution in [3.05, 3.63) is 47.8 Å². The first-order valence-electron chi connectivity index (χ1n) is 6.49. The summed E-state index contributed by atoms with van der Waals surface area (Å²) < 4.78 is 13.7. The molecule has 1 aromatic carbocycles. The van der Waals surface area contributed by atoms with Crippen molar-refractivity contribution < 1.29 is 4.39 Å². The van der Waals surface area contributed by atoms with Crippen LogP contribution in [-0.2, 0) is 6.42 Å². The normalized spacial score (nSPS) is 19.1. The molecule has 0 saturated heterocycles. The van der Waals surface area contributed by atoms with E-state index in [1.807, 2.05) is 12.1 Å². The molecule has 0 fully saturated rings. The molecule has 18 heavy (non-hydrogen) atoms. The molecule has 1 aliphatic carbocycles. The maximum atomic E-state index is 13.7. The van der Waals surface area contributed by atoms with Crippen LogP contribution in [0.5, 0.6) is 0 Å². The van der Waals surface area contributed by atoms with E-state index in [2.05, 4.69) is 24.4 Å². The van der Waals surface area contributed by atoms with E-state index in [-0.39, 0.29) is 11.4 Å². The van der Waals surface area contributed by atoms with Crippen molar-refractivity contribution in [2.75, 3.05) is 6.54 Å². The largest absolute Gasteiger partial charge is 0.329 e. The van der Waals surface area contributed by atoms with Crippen molar-refractivity contribution in [3.63, 3.8) is 0 Å². The first-order valence-corrected chi connectivity index (χ1v) is 6.49. The molecule has 0 aliphatic heterocycles. The molecule has 0 saturated carbocycles. The summed E-state index contributed by atoms with van der Waals surface area (Å²) in [5.41, 5.74) is 6.35. The molecule has 0 heterocycles. The summed E-state index contributed by atoms with van der Waals surface area (Å²) in [6.45, 7) is 2.57. The van der Waals surface area contributed by atoms with E-state index in [9.17, 15) is 4.39 Å². The quantitative estimate of drug-likeness (QED) is 0.785. The summed E-state index contributed by atoms with van der Waals surface area (Å²) in [5, 5.41) is 3.56. The molecule has 0 aromatic heterocycles. The fraction of sp³-hybridized carbons (Fsp3) is 0.467. The number of halogens is 1. The molecule has 98 valence electrons. The van der Waals surface area contributed by atoms with Gasteiger partial charge in [-0.2, -0.15) is 0 Å². The predicted molar refractivity (Wildman–Crippen MR) is 72.9 cm³/mol. The second-order valence-corrected chi connectivity index (χ2v) is 5.32. The highest BCUT2D eigenvalue weighted by molar-refractivity contribution is 5.20. The van der Waals surface area contributed by atoms with Crippen LogP contribution in [0.3, 0.4) is 0 Å². The summed E-state index contributed by atoms with van der Waals surface area (Å²) in [6, 6.07) is 7.35. The van der Waals surface area contributed by atoms with E-state index < -0.39 is 0 Å². The van der Waals surface area contributed by atoms with Crippen LogP contribution in [-0.4, -0.2) is 18.1 Å². The molecule has 1 atom stereocenters. The Bertz CT molecular complexity index is 422. The zero-order valence-electron chi connectivity index (χ0n) is 10.8. The van der Waals surface area contributed by atoms with Gasteiger partial charge < -0.3 is 11.1 Å². The number of hydrogen-bond donors (Lipinski definition) is 2.